The van der Waals surface area contributed by atoms with E-state index in [1.54, 1.807) is 7.05 Å². The minimum Gasteiger partial charge on any atom is -0.391 e. The van der Waals surface area contributed by atoms with Crippen LogP contribution in [0.5, 0.6) is 0 Å². The van der Waals surface area contributed by atoms with Crippen molar-refractivity contribution in [1.29, 1.82) is 0 Å². The Bertz CT molecular complexity index is 912. The Labute approximate surface area is 291 Å². The van der Waals surface area contributed by atoms with Gasteiger partial charge in [0.1, 0.15) is 11.4 Å². The topological polar surface area (TPSA) is 90.5 Å². The van der Waals surface area contributed by atoms with Gasteiger partial charge in [-0.25, -0.2) is 0 Å². The summed E-state index contributed by atoms with van der Waals surface area (Å²) in [7, 11) is 1.65. The van der Waals surface area contributed by atoms with Crippen molar-refractivity contribution in [1.82, 2.24) is 5.32 Å². The van der Waals surface area contributed by atoms with Crippen LogP contribution in [0.15, 0.2) is 9.59 Å². The van der Waals surface area contributed by atoms with Crippen molar-refractivity contribution in [3.8, 4) is 0 Å². The van der Waals surface area contributed by atoms with Crippen LogP contribution in [0, 0.1) is 11.8 Å². The highest BCUT2D eigenvalue weighted by Crippen LogP contribution is 2.29. The summed E-state index contributed by atoms with van der Waals surface area (Å²) in [5.74, 6) is 1.03. The van der Waals surface area contributed by atoms with Crippen molar-refractivity contribution in [3.05, 3.63) is 20.4 Å². The van der Waals surface area contributed by atoms with Crippen molar-refractivity contribution in [2.75, 3.05) is 30.8 Å². The predicted octanol–water partition coefficient (Wildman–Crippen LogP) is 10.5. The first-order valence-corrected chi connectivity index (χ1v) is 20.5. The largest absolute Gasteiger partial charge is 0.391 e. The first-order valence-electron chi connectivity index (χ1n) is 20.5. The van der Waals surface area contributed by atoms with E-state index in [9.17, 15) is 14.7 Å². The number of anilines is 2. The summed E-state index contributed by atoms with van der Waals surface area (Å²) in [6.45, 7) is 10.6. The van der Waals surface area contributed by atoms with Crippen LogP contribution >= 0.6 is 0 Å². The molecule has 4 unspecified atom stereocenters. The number of nitrogens with one attached hydrogen (secondary N) is 3. The third-order valence-corrected chi connectivity index (χ3v) is 10.6. The lowest BCUT2D eigenvalue weighted by molar-refractivity contribution is 0.128. The summed E-state index contributed by atoms with van der Waals surface area (Å²) < 4.78 is 0. The van der Waals surface area contributed by atoms with E-state index in [1.807, 2.05) is 0 Å². The van der Waals surface area contributed by atoms with E-state index in [2.05, 4.69) is 43.6 Å². The van der Waals surface area contributed by atoms with Crippen LogP contribution in [0.3, 0.4) is 0 Å². The molecule has 276 valence electrons. The van der Waals surface area contributed by atoms with Crippen LogP contribution < -0.4 is 26.8 Å². The highest BCUT2D eigenvalue weighted by atomic mass is 16.3. The Morgan fingerprint density at radius 3 is 1.53 bits per heavy atom. The van der Waals surface area contributed by atoms with Crippen molar-refractivity contribution in [2.24, 2.45) is 11.8 Å². The molecule has 4 atom stereocenters. The lowest BCUT2D eigenvalue weighted by atomic mass is 9.81. The van der Waals surface area contributed by atoms with Crippen LogP contribution in [-0.4, -0.2) is 37.4 Å². The van der Waals surface area contributed by atoms with Crippen molar-refractivity contribution in [3.63, 3.8) is 0 Å². The van der Waals surface area contributed by atoms with E-state index in [0.717, 1.165) is 19.4 Å². The fourth-order valence-corrected chi connectivity index (χ4v) is 7.20. The maximum Gasteiger partial charge on any atom is 0.253 e. The van der Waals surface area contributed by atoms with Gasteiger partial charge >= 0.3 is 0 Å². The molecule has 4 N–H and O–H groups in total. The van der Waals surface area contributed by atoms with Crippen molar-refractivity contribution in [2.45, 2.75) is 207 Å². The van der Waals surface area contributed by atoms with Crippen LogP contribution in [-0.2, 0) is 0 Å². The van der Waals surface area contributed by atoms with E-state index >= 15 is 0 Å². The van der Waals surface area contributed by atoms with E-state index in [1.165, 1.54) is 154 Å². The average molecular weight is 662 g/mol. The summed E-state index contributed by atoms with van der Waals surface area (Å²) in [6, 6.07) is 0.584. The predicted molar refractivity (Wildman–Crippen MR) is 207 cm³/mol. The Hall–Kier alpha value is -1.40. The van der Waals surface area contributed by atoms with E-state index < -0.39 is 17.0 Å². The van der Waals surface area contributed by atoms with Crippen molar-refractivity contribution >= 4 is 11.4 Å². The molecule has 0 spiro atoms. The van der Waals surface area contributed by atoms with Gasteiger partial charge in [0.25, 0.3) is 10.9 Å². The lowest BCUT2D eigenvalue weighted by Gasteiger charge is -2.27. The number of rotatable bonds is 35. The SMILES string of the molecule is CCCCCCCCCCCCC(C)NCCCCC(CC(O)CNc1c(NC)c(=O)c1=O)C(C)CCCCCCCCCCCC. The van der Waals surface area contributed by atoms with Crippen LogP contribution in [0.2, 0.25) is 0 Å². The molecule has 1 aromatic rings. The summed E-state index contributed by atoms with van der Waals surface area (Å²) >= 11 is 0. The summed E-state index contributed by atoms with van der Waals surface area (Å²) in [6.07, 6.45) is 33.6. The molecule has 6 nitrogen and oxygen atoms in total. The molecule has 0 radical (unpaired) electrons. The molecule has 0 saturated heterocycles. The monoisotopic (exact) mass is 662 g/mol. The molecule has 0 aliphatic heterocycles. The standard InChI is InChI=1S/C41H79N3O3/c1-6-8-10-12-14-16-18-20-22-24-28-34(3)36(32-37(45)33-44-39-38(42-5)40(46)41(39)47)30-26-27-31-43-35(4)29-25-23-21-19-17-15-13-11-9-7-2/h34-37,42-45H,6-33H2,1-5H3. The van der Waals surface area contributed by atoms with Gasteiger partial charge in [-0.2, -0.15) is 0 Å². The molecule has 0 heterocycles. The second-order valence-corrected chi connectivity index (χ2v) is 15.0. The molecule has 0 aliphatic rings. The Morgan fingerprint density at radius 2 is 1.02 bits per heavy atom. The van der Waals surface area contributed by atoms with Gasteiger partial charge in [-0.1, -0.05) is 168 Å². The average Bonchev–Trinajstić information content (AvgIpc) is 3.06. The summed E-state index contributed by atoms with van der Waals surface area (Å²) in [5.41, 5.74) is -0.297. The van der Waals surface area contributed by atoms with Gasteiger partial charge in [0, 0.05) is 19.6 Å². The maximum atomic E-state index is 11.9. The summed E-state index contributed by atoms with van der Waals surface area (Å²) in [4.78, 5) is 23.7. The Kier molecular flexibility index (Phi) is 27.4. The zero-order chi connectivity index (χ0) is 34.5. The maximum absolute atomic E-state index is 11.9. The van der Waals surface area contributed by atoms with E-state index in [-0.39, 0.29) is 0 Å². The smallest absolute Gasteiger partial charge is 0.253 e. The molecule has 6 heteroatoms. The highest BCUT2D eigenvalue weighted by molar-refractivity contribution is 5.73. The number of unbranched alkanes of at least 4 members (excludes halogenated alkanes) is 19. The van der Waals surface area contributed by atoms with Gasteiger partial charge in [-0.15, -0.1) is 0 Å². The van der Waals surface area contributed by atoms with Crippen LogP contribution in [0.1, 0.15) is 195 Å². The molecular weight excluding hydrogens is 582 g/mol. The number of aliphatic hydroxyl groups is 1. The molecule has 0 fully saturated rings. The second kappa shape index (κ2) is 29.5. The molecule has 47 heavy (non-hydrogen) atoms. The first-order chi connectivity index (χ1) is 22.8. The van der Waals surface area contributed by atoms with Gasteiger partial charge in [-0.3, -0.25) is 9.59 Å². The van der Waals surface area contributed by atoms with E-state index in [4.69, 9.17) is 0 Å². The highest BCUT2D eigenvalue weighted by Gasteiger charge is 2.23. The lowest BCUT2D eigenvalue weighted by Crippen LogP contribution is -2.38. The summed E-state index contributed by atoms with van der Waals surface area (Å²) in [5, 5.41) is 20.6. The molecule has 1 rings (SSSR count). The normalized spacial score (nSPS) is 14.3. The molecule has 1 aromatic carbocycles. The zero-order valence-corrected chi connectivity index (χ0v) is 31.9. The van der Waals surface area contributed by atoms with Crippen molar-refractivity contribution < 1.29 is 5.11 Å². The molecular formula is C41H79N3O3. The minimum atomic E-state index is -0.538. The van der Waals surface area contributed by atoms with Crippen LogP contribution in [0.25, 0.3) is 0 Å². The zero-order valence-electron chi connectivity index (χ0n) is 31.9. The fraction of sp³-hybridized carbons (Fsp3) is 0.902. The Balaban J connectivity index is 2.34. The number of hydrogen-bond donors (Lipinski definition) is 4. The van der Waals surface area contributed by atoms with Crippen LogP contribution in [0.4, 0.5) is 11.4 Å². The van der Waals surface area contributed by atoms with Gasteiger partial charge in [-0.05, 0) is 44.6 Å². The van der Waals surface area contributed by atoms with E-state index in [0.29, 0.717) is 35.8 Å². The molecule has 0 aliphatic carbocycles. The molecule has 0 aromatic heterocycles. The molecule has 0 amide bonds. The fourth-order valence-electron chi connectivity index (χ4n) is 7.20. The molecule has 0 saturated carbocycles. The quantitative estimate of drug-likeness (QED) is 0.0427. The Morgan fingerprint density at radius 1 is 0.574 bits per heavy atom. The first kappa shape index (κ1) is 43.6. The van der Waals surface area contributed by atoms with Gasteiger partial charge in [0.15, 0.2) is 0 Å². The van der Waals surface area contributed by atoms with Gasteiger partial charge < -0.3 is 21.1 Å². The minimum absolute atomic E-state index is 0.305. The number of hydrogen-bond acceptors (Lipinski definition) is 6. The third-order valence-electron chi connectivity index (χ3n) is 10.6. The molecule has 0 bridgehead atoms. The second-order valence-electron chi connectivity index (χ2n) is 15.0. The number of aliphatic hydroxyl groups excluding tert-OH is 1. The van der Waals surface area contributed by atoms with Gasteiger partial charge in [0.05, 0.1) is 6.10 Å². The van der Waals surface area contributed by atoms with Gasteiger partial charge in [0.2, 0.25) is 0 Å². The third kappa shape index (κ3) is 21.3.